The summed E-state index contributed by atoms with van der Waals surface area (Å²) in [6, 6.07) is 8.77. The maximum absolute atomic E-state index is 12.3. The maximum Gasteiger partial charge on any atom is 0.363 e. The molecule has 2 aromatic carbocycles. The summed E-state index contributed by atoms with van der Waals surface area (Å²) in [5.74, 6) is -0.282. The Labute approximate surface area is 206 Å². The van der Waals surface area contributed by atoms with E-state index in [-0.39, 0.29) is 28.8 Å². The third-order valence-electron chi connectivity index (χ3n) is 4.09. The minimum Gasteiger partial charge on any atom is -0.490 e. The summed E-state index contributed by atoms with van der Waals surface area (Å²) >= 11 is 12.0. The van der Waals surface area contributed by atoms with Gasteiger partial charge in [0.2, 0.25) is 5.90 Å². The first-order valence-electron chi connectivity index (χ1n) is 9.47. The van der Waals surface area contributed by atoms with E-state index in [0.717, 1.165) is 8.04 Å². The predicted octanol–water partition coefficient (Wildman–Crippen LogP) is 6.16. The van der Waals surface area contributed by atoms with Crippen LogP contribution in [-0.4, -0.2) is 24.4 Å². The smallest absolute Gasteiger partial charge is 0.363 e. The zero-order chi connectivity index (χ0) is 22.5. The van der Waals surface area contributed by atoms with Gasteiger partial charge in [-0.1, -0.05) is 18.5 Å². The number of hydrogen-bond acceptors (Lipinski definition) is 6. The number of esters is 2. The SMILES string of the molecule is CCCC(=O)Oc1c(Cl)cc(/C=C2\N=C(c3ccc(I)c(Br)c3)OC2=O)cc1OCC. The molecule has 0 saturated heterocycles. The highest BCUT2D eigenvalue weighted by Gasteiger charge is 2.25. The second-order valence-electron chi connectivity index (χ2n) is 6.45. The van der Waals surface area contributed by atoms with E-state index in [1.165, 1.54) is 0 Å². The van der Waals surface area contributed by atoms with Crippen LogP contribution < -0.4 is 9.47 Å². The van der Waals surface area contributed by atoms with E-state index in [9.17, 15) is 9.59 Å². The summed E-state index contributed by atoms with van der Waals surface area (Å²) in [7, 11) is 0. The van der Waals surface area contributed by atoms with E-state index in [4.69, 9.17) is 25.8 Å². The first-order valence-corrected chi connectivity index (χ1v) is 11.7. The van der Waals surface area contributed by atoms with Gasteiger partial charge in [0.25, 0.3) is 0 Å². The van der Waals surface area contributed by atoms with Crippen molar-refractivity contribution in [2.24, 2.45) is 4.99 Å². The number of hydrogen-bond donors (Lipinski definition) is 0. The Kier molecular flexibility index (Phi) is 8.12. The van der Waals surface area contributed by atoms with Crippen LogP contribution >= 0.6 is 50.1 Å². The van der Waals surface area contributed by atoms with Gasteiger partial charge in [-0.15, -0.1) is 0 Å². The molecule has 0 atom stereocenters. The van der Waals surface area contributed by atoms with Crippen molar-refractivity contribution >= 4 is 74.0 Å². The van der Waals surface area contributed by atoms with Gasteiger partial charge in [0.15, 0.2) is 17.2 Å². The third kappa shape index (κ3) is 5.87. The number of nitrogens with zero attached hydrogens (tertiary/aromatic N) is 1. The molecule has 1 aliphatic heterocycles. The molecule has 31 heavy (non-hydrogen) atoms. The second kappa shape index (κ2) is 10.6. The molecule has 0 N–H and O–H groups in total. The molecule has 162 valence electrons. The summed E-state index contributed by atoms with van der Waals surface area (Å²) in [5.41, 5.74) is 1.36. The fourth-order valence-electron chi connectivity index (χ4n) is 2.72. The third-order valence-corrected chi connectivity index (χ3v) is 6.71. The van der Waals surface area contributed by atoms with Crippen molar-refractivity contribution in [1.29, 1.82) is 0 Å². The number of carbonyl (C=O) groups excluding carboxylic acids is 2. The molecule has 0 saturated carbocycles. The van der Waals surface area contributed by atoms with Crippen LogP contribution in [-0.2, 0) is 14.3 Å². The van der Waals surface area contributed by atoms with Crippen LogP contribution in [0.2, 0.25) is 5.02 Å². The molecule has 9 heteroatoms. The zero-order valence-electron chi connectivity index (χ0n) is 16.7. The molecule has 0 bridgehead atoms. The molecule has 0 amide bonds. The largest absolute Gasteiger partial charge is 0.490 e. The monoisotopic (exact) mass is 617 g/mol. The van der Waals surface area contributed by atoms with Crippen LogP contribution in [0.1, 0.15) is 37.8 Å². The van der Waals surface area contributed by atoms with Crippen LogP contribution in [0.5, 0.6) is 11.5 Å². The Morgan fingerprint density at radius 3 is 2.74 bits per heavy atom. The second-order valence-corrected chi connectivity index (χ2v) is 8.88. The summed E-state index contributed by atoms with van der Waals surface area (Å²) < 4.78 is 18.2. The maximum atomic E-state index is 12.3. The van der Waals surface area contributed by atoms with E-state index in [0.29, 0.717) is 29.9 Å². The van der Waals surface area contributed by atoms with Gasteiger partial charge in [-0.25, -0.2) is 9.79 Å². The summed E-state index contributed by atoms with van der Waals surface area (Å²) in [6.45, 7) is 4.04. The Hall–Kier alpha value is -1.91. The highest BCUT2D eigenvalue weighted by Crippen LogP contribution is 2.38. The minimum atomic E-state index is -0.572. The van der Waals surface area contributed by atoms with Crippen molar-refractivity contribution in [3.63, 3.8) is 0 Å². The van der Waals surface area contributed by atoms with Gasteiger partial charge < -0.3 is 14.2 Å². The standard InChI is InChI=1S/C22H18BrClINO5/c1-3-5-19(27)30-20-15(24)8-12(10-18(20)29-4-2)9-17-22(28)31-21(26-17)13-6-7-16(25)14(23)11-13/h6-11H,3-5H2,1-2H3/b17-9-. The van der Waals surface area contributed by atoms with Crippen LogP contribution in [0.15, 0.2) is 45.5 Å². The van der Waals surface area contributed by atoms with Crippen LogP contribution in [0.25, 0.3) is 6.08 Å². The summed E-state index contributed by atoms with van der Waals surface area (Å²) in [4.78, 5) is 28.6. The van der Waals surface area contributed by atoms with Crippen molar-refractivity contribution in [2.45, 2.75) is 26.7 Å². The molecular weight excluding hydrogens is 601 g/mol. The molecule has 0 unspecified atom stereocenters. The Morgan fingerprint density at radius 2 is 2.06 bits per heavy atom. The fourth-order valence-corrected chi connectivity index (χ4v) is 3.69. The van der Waals surface area contributed by atoms with Crippen LogP contribution in [0.4, 0.5) is 0 Å². The Morgan fingerprint density at radius 1 is 1.29 bits per heavy atom. The molecule has 0 aromatic heterocycles. The fraction of sp³-hybridized carbons (Fsp3) is 0.227. The minimum absolute atomic E-state index is 0.124. The van der Waals surface area contributed by atoms with Gasteiger partial charge in [0, 0.05) is 20.0 Å². The topological polar surface area (TPSA) is 74.2 Å². The van der Waals surface area contributed by atoms with E-state index >= 15 is 0 Å². The molecule has 0 radical (unpaired) electrons. The van der Waals surface area contributed by atoms with Crippen LogP contribution in [0, 0.1) is 3.57 Å². The van der Waals surface area contributed by atoms with E-state index in [1.54, 1.807) is 25.1 Å². The van der Waals surface area contributed by atoms with Crippen molar-refractivity contribution < 1.29 is 23.8 Å². The van der Waals surface area contributed by atoms with E-state index in [1.807, 2.05) is 25.1 Å². The van der Waals surface area contributed by atoms with Crippen molar-refractivity contribution in [1.82, 2.24) is 0 Å². The number of aliphatic imine (C=N–C) groups is 1. The van der Waals surface area contributed by atoms with Crippen molar-refractivity contribution in [3.05, 3.63) is 60.2 Å². The lowest BCUT2D eigenvalue weighted by Crippen LogP contribution is -2.09. The van der Waals surface area contributed by atoms with Crippen molar-refractivity contribution in [2.75, 3.05) is 6.61 Å². The molecule has 0 spiro atoms. The van der Waals surface area contributed by atoms with Gasteiger partial charge >= 0.3 is 11.9 Å². The van der Waals surface area contributed by atoms with Gasteiger partial charge in [0.05, 0.1) is 11.6 Å². The number of ether oxygens (including phenoxy) is 3. The Balaban J connectivity index is 1.94. The summed E-state index contributed by atoms with van der Waals surface area (Å²) in [5, 5.41) is 0.194. The molecule has 3 rings (SSSR count). The molecule has 2 aromatic rings. The molecular formula is C22H18BrClINO5. The van der Waals surface area contributed by atoms with Gasteiger partial charge in [-0.2, -0.15) is 0 Å². The molecule has 0 fully saturated rings. The number of cyclic esters (lactones) is 1. The first kappa shape index (κ1) is 23.7. The van der Waals surface area contributed by atoms with Crippen LogP contribution in [0.3, 0.4) is 0 Å². The molecule has 1 heterocycles. The number of halogens is 3. The number of benzene rings is 2. The first-order chi connectivity index (χ1) is 14.8. The Bertz CT molecular complexity index is 1100. The number of carbonyl (C=O) groups is 2. The van der Waals surface area contributed by atoms with Gasteiger partial charge in [0.1, 0.15) is 0 Å². The highest BCUT2D eigenvalue weighted by molar-refractivity contribution is 14.1. The van der Waals surface area contributed by atoms with Crippen molar-refractivity contribution in [3.8, 4) is 11.5 Å². The average Bonchev–Trinajstić information content (AvgIpc) is 3.07. The summed E-state index contributed by atoms with van der Waals surface area (Å²) in [6.07, 6.45) is 2.47. The van der Waals surface area contributed by atoms with Gasteiger partial charge in [-0.3, -0.25) is 4.79 Å². The zero-order valence-corrected chi connectivity index (χ0v) is 21.2. The number of rotatable bonds is 7. The van der Waals surface area contributed by atoms with E-state index in [2.05, 4.69) is 43.5 Å². The molecule has 6 nitrogen and oxygen atoms in total. The highest BCUT2D eigenvalue weighted by atomic mass is 127. The lowest BCUT2D eigenvalue weighted by atomic mass is 10.1. The quantitative estimate of drug-likeness (QED) is 0.161. The predicted molar refractivity (Wildman–Crippen MR) is 131 cm³/mol. The lowest BCUT2D eigenvalue weighted by molar-refractivity contribution is -0.134. The normalized spacial score (nSPS) is 14.4. The average molecular weight is 619 g/mol. The molecule has 1 aliphatic rings. The van der Waals surface area contributed by atoms with Gasteiger partial charge in [-0.05, 0) is 93.8 Å². The lowest BCUT2D eigenvalue weighted by Gasteiger charge is -2.13. The molecule has 0 aliphatic carbocycles. The van der Waals surface area contributed by atoms with E-state index < -0.39 is 11.9 Å².